The van der Waals surface area contributed by atoms with Crippen LogP contribution < -0.4 is 16.2 Å². The molecule has 0 atom stereocenters. The molecule has 0 spiro atoms. The number of anilines is 1. The summed E-state index contributed by atoms with van der Waals surface area (Å²) in [6, 6.07) is 0.728. The number of rotatable bonds is 7. The quantitative estimate of drug-likeness (QED) is 0.581. The van der Waals surface area contributed by atoms with E-state index < -0.39 is 41.6 Å². The van der Waals surface area contributed by atoms with Gasteiger partial charge in [0.15, 0.2) is 0 Å². The third kappa shape index (κ3) is 5.24. The molecule has 1 aliphatic rings. The lowest BCUT2D eigenvalue weighted by atomic mass is 10.1. The van der Waals surface area contributed by atoms with Crippen LogP contribution in [0.3, 0.4) is 0 Å². The average molecular weight is 486 g/mol. The highest BCUT2D eigenvalue weighted by Crippen LogP contribution is 2.40. The molecule has 0 aromatic carbocycles. The number of hydrogen-bond acceptors (Lipinski definition) is 7. The smallest absolute Gasteiger partial charge is 0.421 e. The summed E-state index contributed by atoms with van der Waals surface area (Å²) in [5.41, 5.74) is -2.51. The van der Waals surface area contributed by atoms with Gasteiger partial charge in [0.2, 0.25) is 5.91 Å². The minimum atomic E-state index is -4.90. The standard InChI is InChI=1S/C20H21F3N4O5S/c1-4-32-19(31)14-9(2)15(16(29)24-3)33-17(14)25-13(28)8-27-18(30)11(20(21,22)23)7-12(26-27)10-5-6-10/h7,10H,4-6,8H2,1-3H3,(H,24,29)(H,25,28). The lowest BCUT2D eigenvalue weighted by Gasteiger charge is -2.12. The monoisotopic (exact) mass is 486 g/mol. The van der Waals surface area contributed by atoms with Crippen molar-refractivity contribution in [3.63, 3.8) is 0 Å². The number of alkyl halides is 3. The maximum Gasteiger partial charge on any atom is 0.421 e. The van der Waals surface area contributed by atoms with E-state index in [1.54, 1.807) is 6.92 Å². The van der Waals surface area contributed by atoms with Crippen LogP contribution in [0, 0.1) is 6.92 Å². The van der Waals surface area contributed by atoms with Gasteiger partial charge in [-0.3, -0.25) is 14.4 Å². The maximum atomic E-state index is 13.3. The van der Waals surface area contributed by atoms with Gasteiger partial charge in [-0.15, -0.1) is 11.3 Å². The number of thiophene rings is 1. The van der Waals surface area contributed by atoms with Crippen molar-refractivity contribution < 1.29 is 32.3 Å². The van der Waals surface area contributed by atoms with Crippen molar-refractivity contribution in [3.05, 3.63) is 43.7 Å². The highest BCUT2D eigenvalue weighted by molar-refractivity contribution is 7.18. The zero-order valence-corrected chi connectivity index (χ0v) is 18.8. The molecule has 0 bridgehead atoms. The first-order valence-corrected chi connectivity index (χ1v) is 10.8. The van der Waals surface area contributed by atoms with Crippen molar-refractivity contribution in [3.8, 4) is 0 Å². The Morgan fingerprint density at radius 3 is 2.52 bits per heavy atom. The van der Waals surface area contributed by atoms with Gasteiger partial charge in [-0.25, -0.2) is 9.48 Å². The largest absolute Gasteiger partial charge is 0.462 e. The fourth-order valence-electron chi connectivity index (χ4n) is 3.13. The first kappa shape index (κ1) is 24.4. The molecule has 0 aliphatic heterocycles. The fraction of sp³-hybridized carbons (Fsp3) is 0.450. The molecule has 2 aromatic heterocycles. The number of hydrogen-bond donors (Lipinski definition) is 2. The number of carbonyl (C=O) groups excluding carboxylic acids is 3. The Bertz CT molecular complexity index is 1170. The Morgan fingerprint density at radius 1 is 1.30 bits per heavy atom. The number of ether oxygens (including phenoxy) is 1. The number of aromatic nitrogens is 2. The second kappa shape index (κ2) is 9.33. The first-order chi connectivity index (χ1) is 15.5. The van der Waals surface area contributed by atoms with Gasteiger partial charge in [-0.2, -0.15) is 18.3 Å². The number of esters is 1. The molecule has 2 N–H and O–H groups in total. The fourth-order valence-corrected chi connectivity index (χ4v) is 4.29. The molecule has 1 saturated carbocycles. The molecule has 1 aliphatic carbocycles. The highest BCUT2D eigenvalue weighted by Gasteiger charge is 2.38. The number of amides is 2. The number of halogens is 3. The molecule has 13 heteroatoms. The van der Waals surface area contributed by atoms with Gasteiger partial charge >= 0.3 is 12.1 Å². The zero-order valence-electron chi connectivity index (χ0n) is 18.0. The number of nitrogens with zero attached hydrogens (tertiary/aromatic N) is 2. The average Bonchev–Trinajstić information content (AvgIpc) is 3.52. The van der Waals surface area contributed by atoms with Crippen LogP contribution in [0.2, 0.25) is 0 Å². The summed E-state index contributed by atoms with van der Waals surface area (Å²) in [5.74, 6) is -2.34. The number of carbonyl (C=O) groups is 3. The molecule has 2 amide bonds. The normalized spacial score (nSPS) is 13.5. The maximum absolute atomic E-state index is 13.3. The summed E-state index contributed by atoms with van der Waals surface area (Å²) in [7, 11) is 1.40. The molecule has 0 radical (unpaired) electrons. The Kier molecular flexibility index (Phi) is 6.91. The van der Waals surface area contributed by atoms with Crippen molar-refractivity contribution in [2.75, 3.05) is 19.0 Å². The van der Waals surface area contributed by atoms with E-state index in [-0.39, 0.29) is 39.2 Å². The predicted octanol–water partition coefficient (Wildman–Crippen LogP) is 2.68. The molecule has 0 saturated heterocycles. The summed E-state index contributed by atoms with van der Waals surface area (Å²) in [6.07, 6.45) is -3.60. The van der Waals surface area contributed by atoms with E-state index in [1.807, 2.05) is 0 Å². The van der Waals surface area contributed by atoms with Gasteiger partial charge in [0.05, 0.1) is 22.7 Å². The molecule has 178 valence electrons. The van der Waals surface area contributed by atoms with E-state index >= 15 is 0 Å². The van der Waals surface area contributed by atoms with Crippen LogP contribution in [-0.2, 0) is 22.3 Å². The van der Waals surface area contributed by atoms with Crippen molar-refractivity contribution in [2.45, 2.75) is 45.3 Å². The molecular weight excluding hydrogens is 465 g/mol. The molecule has 0 unspecified atom stereocenters. The van der Waals surface area contributed by atoms with E-state index in [0.29, 0.717) is 17.5 Å². The van der Waals surface area contributed by atoms with E-state index in [9.17, 15) is 32.3 Å². The Balaban J connectivity index is 1.94. The van der Waals surface area contributed by atoms with Gasteiger partial charge < -0.3 is 15.4 Å². The topological polar surface area (TPSA) is 119 Å². The third-order valence-corrected chi connectivity index (χ3v) is 6.11. The lowest BCUT2D eigenvalue weighted by molar-refractivity contribution is -0.139. The third-order valence-electron chi connectivity index (χ3n) is 4.90. The molecule has 9 nitrogen and oxygen atoms in total. The molecule has 33 heavy (non-hydrogen) atoms. The van der Waals surface area contributed by atoms with Crippen LogP contribution in [0.1, 0.15) is 62.5 Å². The second-order valence-corrected chi connectivity index (χ2v) is 8.35. The minimum absolute atomic E-state index is 0.0167. The van der Waals surface area contributed by atoms with Crippen LogP contribution >= 0.6 is 11.3 Å². The second-order valence-electron chi connectivity index (χ2n) is 7.33. The van der Waals surface area contributed by atoms with Crippen molar-refractivity contribution in [1.82, 2.24) is 15.1 Å². The molecule has 2 aromatic rings. The highest BCUT2D eigenvalue weighted by atomic mass is 32.1. The zero-order chi connectivity index (χ0) is 24.5. The van der Waals surface area contributed by atoms with E-state index in [1.165, 1.54) is 14.0 Å². The number of nitrogens with one attached hydrogen (secondary N) is 2. The first-order valence-electron chi connectivity index (χ1n) is 9.99. The van der Waals surface area contributed by atoms with Gasteiger partial charge in [0.25, 0.3) is 11.5 Å². The summed E-state index contributed by atoms with van der Waals surface area (Å²) in [5, 5.41) is 8.74. The van der Waals surface area contributed by atoms with Crippen LogP contribution in [0.5, 0.6) is 0 Å². The van der Waals surface area contributed by atoms with Crippen molar-refractivity contribution in [1.29, 1.82) is 0 Å². The lowest BCUT2D eigenvalue weighted by Crippen LogP contribution is -2.35. The minimum Gasteiger partial charge on any atom is -0.462 e. The van der Waals surface area contributed by atoms with Crippen LogP contribution in [0.15, 0.2) is 10.9 Å². The van der Waals surface area contributed by atoms with Gasteiger partial charge in [-0.05, 0) is 38.3 Å². The van der Waals surface area contributed by atoms with Gasteiger partial charge in [0, 0.05) is 13.0 Å². The van der Waals surface area contributed by atoms with Crippen LogP contribution in [-0.4, -0.2) is 41.2 Å². The summed E-state index contributed by atoms with van der Waals surface area (Å²) < 4.78 is 45.4. The van der Waals surface area contributed by atoms with Gasteiger partial charge in [0.1, 0.15) is 17.1 Å². The Morgan fingerprint density at radius 2 is 1.97 bits per heavy atom. The molecule has 2 heterocycles. The summed E-state index contributed by atoms with van der Waals surface area (Å²) in [6.45, 7) is 2.33. The van der Waals surface area contributed by atoms with Crippen molar-refractivity contribution in [2.24, 2.45) is 0 Å². The summed E-state index contributed by atoms with van der Waals surface area (Å²) >= 11 is 0.809. The molecule has 1 fully saturated rings. The molecular formula is C20H21F3N4O5S. The van der Waals surface area contributed by atoms with Crippen LogP contribution in [0.25, 0.3) is 0 Å². The van der Waals surface area contributed by atoms with Gasteiger partial charge in [-0.1, -0.05) is 0 Å². The van der Waals surface area contributed by atoms with Crippen molar-refractivity contribution >= 4 is 34.1 Å². The summed E-state index contributed by atoms with van der Waals surface area (Å²) in [4.78, 5) is 49.6. The van der Waals surface area contributed by atoms with E-state index in [0.717, 1.165) is 17.4 Å². The van der Waals surface area contributed by atoms with E-state index in [2.05, 4.69) is 15.7 Å². The molecule has 3 rings (SSSR count). The Labute approximate surface area is 189 Å². The van der Waals surface area contributed by atoms with Crippen LogP contribution in [0.4, 0.5) is 18.2 Å². The van der Waals surface area contributed by atoms with E-state index in [4.69, 9.17) is 4.74 Å². The predicted molar refractivity (Wildman–Crippen MR) is 113 cm³/mol. The SMILES string of the molecule is CCOC(=O)c1c(NC(=O)Cn2nc(C3CC3)cc(C(F)(F)F)c2=O)sc(C(=O)NC)c1C. The Hall–Kier alpha value is -3.22.